The van der Waals surface area contributed by atoms with Crippen molar-refractivity contribution in [3.63, 3.8) is 0 Å². The Kier molecular flexibility index (Phi) is 3.92. The van der Waals surface area contributed by atoms with Crippen molar-refractivity contribution < 1.29 is 14.3 Å². The average molecular weight is 199 g/mol. The van der Waals surface area contributed by atoms with Gasteiger partial charge in [0.15, 0.2) is 0 Å². The number of primary amides is 1. The maximum absolute atomic E-state index is 10.9. The van der Waals surface area contributed by atoms with E-state index in [0.717, 1.165) is 25.7 Å². The molecule has 0 aliphatic carbocycles. The number of nitrogens with two attached hydrogens (primary N) is 1. The predicted octanol–water partition coefficient (Wildman–Crippen LogP) is 0.984. The van der Waals surface area contributed by atoms with Crippen LogP contribution < -0.4 is 5.73 Å². The van der Waals surface area contributed by atoms with Crippen LogP contribution in [-0.2, 0) is 14.3 Å². The highest BCUT2D eigenvalue weighted by Gasteiger charge is 2.37. The molecule has 1 rings (SSSR count). The molecule has 1 fully saturated rings. The van der Waals surface area contributed by atoms with Crippen LogP contribution in [0.15, 0.2) is 0 Å². The molecule has 2 atom stereocenters. The lowest BCUT2D eigenvalue weighted by atomic mass is 9.92. The second kappa shape index (κ2) is 4.98. The van der Waals surface area contributed by atoms with E-state index in [1.165, 1.54) is 0 Å². The first-order chi connectivity index (χ1) is 6.61. The molecule has 0 spiro atoms. The highest BCUT2D eigenvalue weighted by molar-refractivity contribution is 5.78. The molecule has 4 heteroatoms. The van der Waals surface area contributed by atoms with Gasteiger partial charge in [-0.05, 0) is 19.8 Å². The van der Waals surface area contributed by atoms with Crippen molar-refractivity contribution in [1.29, 1.82) is 0 Å². The molecule has 14 heavy (non-hydrogen) atoms. The summed E-state index contributed by atoms with van der Waals surface area (Å²) in [6, 6.07) is 0. The van der Waals surface area contributed by atoms with Gasteiger partial charge < -0.3 is 10.5 Å². The molecule has 0 aromatic heterocycles. The largest absolute Gasteiger partial charge is 0.461 e. The molecule has 1 amide bonds. The Morgan fingerprint density at radius 1 is 1.43 bits per heavy atom. The van der Waals surface area contributed by atoms with E-state index in [9.17, 15) is 9.59 Å². The van der Waals surface area contributed by atoms with Crippen LogP contribution in [0.3, 0.4) is 0 Å². The highest BCUT2D eigenvalue weighted by atomic mass is 16.6. The topological polar surface area (TPSA) is 69.4 Å². The van der Waals surface area contributed by atoms with E-state index in [2.05, 4.69) is 0 Å². The quantitative estimate of drug-likeness (QED) is 0.512. The van der Waals surface area contributed by atoms with E-state index in [-0.39, 0.29) is 23.9 Å². The standard InChI is InChI=1S/C10H17NO3/c1-7-8(10(13)14-7)5-3-2-4-6-9(11)12/h7-8H,2-6H2,1H3,(H2,11,12). The normalized spacial score (nSPS) is 25.4. The number of esters is 1. The number of amides is 1. The number of unbranched alkanes of at least 4 members (excludes halogenated alkanes) is 2. The first-order valence-corrected chi connectivity index (χ1v) is 5.10. The summed E-state index contributed by atoms with van der Waals surface area (Å²) in [6.07, 6.45) is 4.16. The van der Waals surface area contributed by atoms with E-state index >= 15 is 0 Å². The van der Waals surface area contributed by atoms with Crippen LogP contribution in [0.5, 0.6) is 0 Å². The Labute approximate surface area is 83.8 Å². The Morgan fingerprint density at radius 2 is 2.14 bits per heavy atom. The van der Waals surface area contributed by atoms with Gasteiger partial charge in [-0.3, -0.25) is 9.59 Å². The van der Waals surface area contributed by atoms with Crippen LogP contribution in [0, 0.1) is 5.92 Å². The number of rotatable bonds is 6. The summed E-state index contributed by atoms with van der Waals surface area (Å²) >= 11 is 0. The van der Waals surface area contributed by atoms with E-state index in [1.807, 2.05) is 6.92 Å². The summed E-state index contributed by atoms with van der Waals surface area (Å²) in [5.74, 6) is -0.239. The predicted molar refractivity (Wildman–Crippen MR) is 51.3 cm³/mol. The molecule has 2 N–H and O–H groups in total. The molecular weight excluding hydrogens is 182 g/mol. The van der Waals surface area contributed by atoms with Gasteiger partial charge in [0.25, 0.3) is 0 Å². The molecule has 0 aromatic carbocycles. The van der Waals surface area contributed by atoms with Crippen molar-refractivity contribution in [3.05, 3.63) is 0 Å². The number of ether oxygens (including phenoxy) is 1. The molecule has 4 nitrogen and oxygen atoms in total. The molecule has 1 saturated heterocycles. The van der Waals surface area contributed by atoms with Gasteiger partial charge in [-0.2, -0.15) is 0 Å². The Bertz CT molecular complexity index is 227. The third kappa shape index (κ3) is 3.01. The van der Waals surface area contributed by atoms with Gasteiger partial charge in [0.1, 0.15) is 6.10 Å². The summed E-state index contributed by atoms with van der Waals surface area (Å²) in [5.41, 5.74) is 5.00. The number of hydrogen-bond acceptors (Lipinski definition) is 3. The number of carbonyl (C=O) groups is 2. The van der Waals surface area contributed by atoms with Crippen molar-refractivity contribution in [2.24, 2.45) is 11.7 Å². The zero-order chi connectivity index (χ0) is 10.6. The number of carbonyl (C=O) groups excluding carboxylic acids is 2. The molecule has 0 radical (unpaired) electrons. The van der Waals surface area contributed by atoms with Gasteiger partial charge in [-0.15, -0.1) is 0 Å². The second-order valence-corrected chi connectivity index (χ2v) is 3.81. The number of cyclic esters (lactones) is 1. The lowest BCUT2D eigenvalue weighted by Crippen LogP contribution is -2.42. The summed E-state index contributed by atoms with van der Waals surface area (Å²) < 4.78 is 4.83. The Morgan fingerprint density at radius 3 is 2.64 bits per heavy atom. The monoisotopic (exact) mass is 199 g/mol. The smallest absolute Gasteiger partial charge is 0.312 e. The fraction of sp³-hybridized carbons (Fsp3) is 0.800. The van der Waals surface area contributed by atoms with E-state index in [4.69, 9.17) is 10.5 Å². The Hall–Kier alpha value is -1.06. The average Bonchev–Trinajstić information content (AvgIpc) is 2.10. The van der Waals surface area contributed by atoms with Crippen molar-refractivity contribution >= 4 is 11.9 Å². The van der Waals surface area contributed by atoms with Gasteiger partial charge >= 0.3 is 5.97 Å². The van der Waals surface area contributed by atoms with Crippen LogP contribution >= 0.6 is 0 Å². The summed E-state index contributed by atoms with van der Waals surface area (Å²) in [7, 11) is 0. The van der Waals surface area contributed by atoms with Crippen molar-refractivity contribution in [3.8, 4) is 0 Å². The molecule has 1 aliphatic rings. The molecule has 0 aromatic rings. The first-order valence-electron chi connectivity index (χ1n) is 5.10. The zero-order valence-corrected chi connectivity index (χ0v) is 8.49. The third-order valence-electron chi connectivity index (χ3n) is 2.61. The fourth-order valence-electron chi connectivity index (χ4n) is 1.66. The van der Waals surface area contributed by atoms with Crippen LogP contribution in [-0.4, -0.2) is 18.0 Å². The molecule has 0 saturated carbocycles. The molecule has 1 aliphatic heterocycles. The zero-order valence-electron chi connectivity index (χ0n) is 8.49. The molecule has 80 valence electrons. The Balaban J connectivity index is 1.99. The first kappa shape index (κ1) is 11.0. The lowest BCUT2D eigenvalue weighted by molar-refractivity contribution is -0.182. The fourth-order valence-corrected chi connectivity index (χ4v) is 1.66. The summed E-state index contributed by atoms with van der Waals surface area (Å²) in [4.78, 5) is 21.3. The molecular formula is C10H17NO3. The van der Waals surface area contributed by atoms with Crippen LogP contribution in [0.25, 0.3) is 0 Å². The second-order valence-electron chi connectivity index (χ2n) is 3.81. The lowest BCUT2D eigenvalue weighted by Gasteiger charge is -2.32. The highest BCUT2D eigenvalue weighted by Crippen LogP contribution is 2.27. The molecule has 2 unspecified atom stereocenters. The van der Waals surface area contributed by atoms with Crippen LogP contribution in [0.1, 0.15) is 39.0 Å². The van der Waals surface area contributed by atoms with Crippen LogP contribution in [0.4, 0.5) is 0 Å². The SMILES string of the molecule is CC1OC(=O)C1CCCCCC(N)=O. The van der Waals surface area contributed by atoms with Gasteiger partial charge in [0.05, 0.1) is 5.92 Å². The van der Waals surface area contributed by atoms with E-state index in [0.29, 0.717) is 6.42 Å². The van der Waals surface area contributed by atoms with Crippen LogP contribution in [0.2, 0.25) is 0 Å². The van der Waals surface area contributed by atoms with Gasteiger partial charge in [-0.25, -0.2) is 0 Å². The third-order valence-corrected chi connectivity index (χ3v) is 2.61. The summed E-state index contributed by atoms with van der Waals surface area (Å²) in [6.45, 7) is 1.91. The minimum atomic E-state index is -0.249. The van der Waals surface area contributed by atoms with E-state index in [1.54, 1.807) is 0 Å². The summed E-state index contributed by atoms with van der Waals surface area (Å²) in [5, 5.41) is 0. The van der Waals surface area contributed by atoms with E-state index < -0.39 is 0 Å². The van der Waals surface area contributed by atoms with Gasteiger partial charge in [-0.1, -0.05) is 12.8 Å². The molecule has 0 bridgehead atoms. The van der Waals surface area contributed by atoms with Crippen molar-refractivity contribution in [1.82, 2.24) is 0 Å². The van der Waals surface area contributed by atoms with Crippen molar-refractivity contribution in [2.45, 2.75) is 45.1 Å². The van der Waals surface area contributed by atoms with Gasteiger partial charge in [0.2, 0.25) is 5.91 Å². The van der Waals surface area contributed by atoms with Crippen molar-refractivity contribution in [2.75, 3.05) is 0 Å². The maximum atomic E-state index is 10.9. The minimum Gasteiger partial charge on any atom is -0.461 e. The minimum absolute atomic E-state index is 0.0765. The number of hydrogen-bond donors (Lipinski definition) is 1. The maximum Gasteiger partial charge on any atom is 0.312 e. The van der Waals surface area contributed by atoms with Gasteiger partial charge in [0, 0.05) is 6.42 Å². The molecule has 1 heterocycles.